The molecule has 23 heavy (non-hydrogen) atoms. The second-order valence-electron chi connectivity index (χ2n) is 4.74. The minimum Gasteiger partial charge on any atom is -0.405 e. The average Bonchev–Trinajstić information content (AvgIpc) is 3.08. The summed E-state index contributed by atoms with van der Waals surface area (Å²) in [4.78, 5) is 20.5. The first-order valence-electron chi connectivity index (χ1n) is 6.48. The number of carbonyl (C=O) groups excluding carboxylic acids is 1. The Kier molecular flexibility index (Phi) is 3.80. The van der Waals surface area contributed by atoms with Crippen molar-refractivity contribution in [1.82, 2.24) is 9.97 Å². The predicted octanol–water partition coefficient (Wildman–Crippen LogP) is 3.42. The van der Waals surface area contributed by atoms with E-state index in [4.69, 9.17) is 0 Å². The number of pyridine rings is 1. The maximum absolute atomic E-state index is 12.3. The molecule has 0 aromatic carbocycles. The van der Waals surface area contributed by atoms with Crippen LogP contribution in [0.2, 0.25) is 0 Å². The number of nitrogens with zero attached hydrogens (tertiary/aromatic N) is 2. The molecule has 0 radical (unpaired) electrons. The highest BCUT2D eigenvalue weighted by Gasteiger charge is 2.33. The Labute approximate surface area is 131 Å². The smallest absolute Gasteiger partial charge is 0.405 e. The van der Waals surface area contributed by atoms with Crippen molar-refractivity contribution in [1.29, 1.82) is 0 Å². The predicted molar refractivity (Wildman–Crippen MR) is 82.2 cm³/mol. The number of allylic oxidation sites excluding steroid dienone is 1. The summed E-state index contributed by atoms with van der Waals surface area (Å²) in [6, 6.07) is 3.53. The number of halogens is 3. The molecule has 1 atom stereocenters. The molecule has 0 spiro atoms. The number of carbonyl (C=O) groups is 1. The molecule has 3 rings (SSSR count). The SMILES string of the molecule is CN(C=O)c1[nH]c2cccnc2c1[SH]1C=CC(OC(F)(F)F)=C1. The van der Waals surface area contributed by atoms with Gasteiger partial charge in [0.2, 0.25) is 6.41 Å². The first-order valence-corrected chi connectivity index (χ1v) is 7.96. The van der Waals surface area contributed by atoms with Gasteiger partial charge in [0.25, 0.3) is 0 Å². The third-order valence-corrected chi connectivity index (χ3v) is 5.12. The largest absolute Gasteiger partial charge is 0.573 e. The standard InChI is InChI=1S/C14H12F3N3O2S/c1-20(8-21)13-12(11-10(19-13)3-2-5-18-11)23-6-4-9(7-23)22-14(15,16)17/h2-8,19,23H,1H3. The fourth-order valence-corrected chi connectivity index (χ4v) is 4.22. The van der Waals surface area contributed by atoms with Crippen LogP contribution in [0.15, 0.2) is 45.9 Å². The highest BCUT2D eigenvalue weighted by atomic mass is 32.2. The van der Waals surface area contributed by atoms with Crippen molar-refractivity contribution in [3.05, 3.63) is 41.0 Å². The number of ether oxygens (including phenoxy) is 1. The highest BCUT2D eigenvalue weighted by molar-refractivity contribution is 8.22. The Morgan fingerprint density at radius 3 is 2.91 bits per heavy atom. The van der Waals surface area contributed by atoms with E-state index in [9.17, 15) is 18.0 Å². The van der Waals surface area contributed by atoms with Crippen molar-refractivity contribution >= 4 is 34.2 Å². The van der Waals surface area contributed by atoms with Gasteiger partial charge in [0, 0.05) is 18.7 Å². The number of anilines is 1. The molecule has 0 saturated heterocycles. The summed E-state index contributed by atoms with van der Waals surface area (Å²) in [5.41, 5.74) is 1.33. The average molecular weight is 343 g/mol. The van der Waals surface area contributed by atoms with Crippen LogP contribution in [0.3, 0.4) is 0 Å². The van der Waals surface area contributed by atoms with Gasteiger partial charge < -0.3 is 14.6 Å². The van der Waals surface area contributed by atoms with Gasteiger partial charge in [-0.1, -0.05) is 0 Å². The summed E-state index contributed by atoms with van der Waals surface area (Å²) >= 11 is 0. The number of aromatic amines is 1. The molecule has 0 bridgehead atoms. The molecule has 1 aliphatic rings. The van der Waals surface area contributed by atoms with E-state index in [0.717, 1.165) is 0 Å². The van der Waals surface area contributed by atoms with Gasteiger partial charge in [0.1, 0.15) is 17.1 Å². The molecule has 9 heteroatoms. The number of hydrogen-bond acceptors (Lipinski definition) is 3. The minimum absolute atomic E-state index is 0.256. The van der Waals surface area contributed by atoms with E-state index in [2.05, 4.69) is 14.7 Å². The van der Waals surface area contributed by atoms with Gasteiger partial charge in [-0.05, 0) is 23.6 Å². The summed E-state index contributed by atoms with van der Waals surface area (Å²) in [5, 5.41) is 3.04. The van der Waals surface area contributed by atoms with Crippen molar-refractivity contribution in [2.24, 2.45) is 0 Å². The number of thiol groups is 1. The third kappa shape index (κ3) is 3.04. The summed E-state index contributed by atoms with van der Waals surface area (Å²) < 4.78 is 40.9. The number of aromatic nitrogens is 2. The van der Waals surface area contributed by atoms with Crippen molar-refractivity contribution in [3.8, 4) is 0 Å². The Balaban J connectivity index is 2.06. The van der Waals surface area contributed by atoms with Gasteiger partial charge in [-0.15, -0.1) is 13.2 Å². The third-order valence-electron chi connectivity index (χ3n) is 3.18. The van der Waals surface area contributed by atoms with Crippen LogP contribution < -0.4 is 4.90 Å². The van der Waals surface area contributed by atoms with Crippen molar-refractivity contribution < 1.29 is 22.7 Å². The van der Waals surface area contributed by atoms with Crippen LogP contribution in [0.5, 0.6) is 0 Å². The monoisotopic (exact) mass is 343 g/mol. The second-order valence-corrected chi connectivity index (χ2v) is 6.56. The zero-order valence-corrected chi connectivity index (χ0v) is 12.7. The zero-order valence-electron chi connectivity index (χ0n) is 11.8. The molecule has 1 amide bonds. The van der Waals surface area contributed by atoms with E-state index in [0.29, 0.717) is 28.2 Å². The summed E-state index contributed by atoms with van der Waals surface area (Å²) in [6.45, 7) is 0. The second kappa shape index (κ2) is 5.65. The van der Waals surface area contributed by atoms with Crippen LogP contribution in [0.25, 0.3) is 11.0 Å². The van der Waals surface area contributed by atoms with Gasteiger partial charge in [0.15, 0.2) is 0 Å². The maximum atomic E-state index is 12.3. The number of nitrogens with one attached hydrogen (secondary N) is 1. The Morgan fingerprint density at radius 1 is 1.43 bits per heavy atom. The Hall–Kier alpha value is -2.42. The maximum Gasteiger partial charge on any atom is 0.573 e. The lowest BCUT2D eigenvalue weighted by Crippen LogP contribution is -2.15. The van der Waals surface area contributed by atoms with Gasteiger partial charge in [-0.2, -0.15) is 10.9 Å². The van der Waals surface area contributed by atoms with Crippen molar-refractivity contribution in [2.75, 3.05) is 11.9 Å². The number of alkyl halides is 3. The van der Waals surface area contributed by atoms with Crippen LogP contribution in [0.4, 0.5) is 19.0 Å². The van der Waals surface area contributed by atoms with Gasteiger partial charge in [-0.25, -0.2) is 0 Å². The molecular weight excluding hydrogens is 331 g/mol. The van der Waals surface area contributed by atoms with Crippen LogP contribution in [0.1, 0.15) is 0 Å². The van der Waals surface area contributed by atoms with E-state index >= 15 is 0 Å². The molecule has 1 aliphatic heterocycles. The number of fused-ring (bicyclic) bond motifs is 1. The van der Waals surface area contributed by atoms with Gasteiger partial charge in [-0.3, -0.25) is 9.78 Å². The first-order chi connectivity index (χ1) is 10.9. The summed E-state index contributed by atoms with van der Waals surface area (Å²) in [6.07, 6.45) is -1.23. The van der Waals surface area contributed by atoms with Crippen LogP contribution in [-0.2, 0) is 9.53 Å². The van der Waals surface area contributed by atoms with Crippen LogP contribution >= 0.6 is 10.9 Å². The molecule has 2 aromatic rings. The normalized spacial score (nSPS) is 19.0. The lowest BCUT2D eigenvalue weighted by Gasteiger charge is -2.16. The fourth-order valence-electron chi connectivity index (χ4n) is 2.26. The van der Waals surface area contributed by atoms with E-state index in [1.54, 1.807) is 30.8 Å². The van der Waals surface area contributed by atoms with E-state index in [1.807, 2.05) is 0 Å². The van der Waals surface area contributed by atoms with Crippen molar-refractivity contribution in [3.63, 3.8) is 0 Å². The number of amides is 1. The first kappa shape index (κ1) is 15.5. The van der Waals surface area contributed by atoms with Crippen LogP contribution in [0, 0.1) is 0 Å². The molecule has 3 heterocycles. The van der Waals surface area contributed by atoms with Gasteiger partial charge >= 0.3 is 6.36 Å². The van der Waals surface area contributed by atoms with Gasteiger partial charge in [0.05, 0.1) is 10.4 Å². The fraction of sp³-hybridized carbons (Fsp3) is 0.143. The zero-order chi connectivity index (χ0) is 16.6. The molecule has 1 unspecified atom stereocenters. The number of hydrogen-bond donors (Lipinski definition) is 2. The molecule has 0 aliphatic carbocycles. The summed E-state index contributed by atoms with van der Waals surface area (Å²) in [5.74, 6) is 0.252. The highest BCUT2D eigenvalue weighted by Crippen LogP contribution is 2.51. The lowest BCUT2D eigenvalue weighted by atomic mass is 10.4. The Bertz CT molecular complexity index is 813. The van der Waals surface area contributed by atoms with Crippen molar-refractivity contribution in [2.45, 2.75) is 11.3 Å². The molecule has 1 N–H and O–H groups in total. The summed E-state index contributed by atoms with van der Waals surface area (Å²) in [7, 11) is 0.347. The molecule has 5 nitrogen and oxygen atoms in total. The number of rotatable bonds is 4. The van der Waals surface area contributed by atoms with E-state index in [-0.39, 0.29) is 5.76 Å². The molecule has 2 aromatic heterocycles. The lowest BCUT2D eigenvalue weighted by molar-refractivity contribution is -0.303. The topological polar surface area (TPSA) is 58.2 Å². The van der Waals surface area contributed by atoms with Crippen LogP contribution in [-0.4, -0.2) is 29.8 Å². The molecule has 0 fully saturated rings. The number of H-pyrrole nitrogens is 1. The Morgan fingerprint density at radius 2 is 2.22 bits per heavy atom. The quantitative estimate of drug-likeness (QED) is 0.661. The molecule has 122 valence electrons. The van der Waals surface area contributed by atoms with E-state index in [1.165, 1.54) is 16.4 Å². The van der Waals surface area contributed by atoms with E-state index < -0.39 is 17.3 Å². The minimum atomic E-state index is -4.73. The molecular formula is C14H12F3N3O2S. The molecule has 0 saturated carbocycles.